The SMILES string of the molecule is O=P(O)(O)CCN(c1cccc2cccnc12)S(=O)(=O)c1cc(Cl)cc(Cl)c1. The lowest BCUT2D eigenvalue weighted by Gasteiger charge is -2.25. The minimum atomic E-state index is -4.46. The van der Waals surface area contributed by atoms with E-state index in [1.165, 1.54) is 30.5 Å². The van der Waals surface area contributed by atoms with Crippen LogP contribution in [0.25, 0.3) is 10.9 Å². The van der Waals surface area contributed by atoms with Gasteiger partial charge in [-0.3, -0.25) is 13.9 Å². The number of para-hydroxylation sites is 1. The molecule has 0 saturated carbocycles. The number of pyridine rings is 1. The second kappa shape index (κ2) is 7.99. The predicted molar refractivity (Wildman–Crippen MR) is 110 cm³/mol. The van der Waals surface area contributed by atoms with Crippen molar-refractivity contribution in [2.75, 3.05) is 17.0 Å². The molecule has 0 radical (unpaired) electrons. The summed E-state index contributed by atoms with van der Waals surface area (Å²) in [7, 11) is -8.69. The summed E-state index contributed by atoms with van der Waals surface area (Å²) in [4.78, 5) is 22.6. The molecule has 7 nitrogen and oxygen atoms in total. The molecule has 0 amide bonds. The number of benzene rings is 2. The van der Waals surface area contributed by atoms with Crippen LogP contribution in [0.1, 0.15) is 0 Å². The molecule has 2 aromatic carbocycles. The van der Waals surface area contributed by atoms with Crippen LogP contribution in [-0.4, -0.2) is 35.9 Å². The number of hydrogen-bond acceptors (Lipinski definition) is 4. The predicted octanol–water partition coefficient (Wildman–Crippen LogP) is 3.91. The second-order valence-electron chi connectivity index (χ2n) is 5.92. The third-order valence-corrected chi connectivity index (χ3v) is 6.91. The van der Waals surface area contributed by atoms with Gasteiger partial charge in [-0.1, -0.05) is 41.4 Å². The van der Waals surface area contributed by atoms with Gasteiger partial charge in [0.15, 0.2) is 0 Å². The summed E-state index contributed by atoms with van der Waals surface area (Å²) >= 11 is 11.9. The van der Waals surface area contributed by atoms with Gasteiger partial charge >= 0.3 is 7.60 Å². The van der Waals surface area contributed by atoms with Crippen molar-refractivity contribution in [2.45, 2.75) is 4.90 Å². The van der Waals surface area contributed by atoms with E-state index in [1.54, 1.807) is 24.3 Å². The molecule has 1 heterocycles. The molecule has 0 aliphatic carbocycles. The van der Waals surface area contributed by atoms with E-state index in [9.17, 15) is 22.8 Å². The molecule has 0 saturated heterocycles. The Morgan fingerprint density at radius 2 is 1.68 bits per heavy atom. The van der Waals surface area contributed by atoms with Gasteiger partial charge in [0.2, 0.25) is 0 Å². The molecule has 11 heteroatoms. The largest absolute Gasteiger partial charge is 0.327 e. The topological polar surface area (TPSA) is 108 Å². The van der Waals surface area contributed by atoms with E-state index in [0.29, 0.717) is 10.9 Å². The van der Waals surface area contributed by atoms with Crippen LogP contribution in [0.5, 0.6) is 0 Å². The maximum atomic E-state index is 13.3. The monoisotopic (exact) mass is 460 g/mol. The maximum Gasteiger partial charge on any atom is 0.327 e. The molecule has 148 valence electrons. The van der Waals surface area contributed by atoms with Crippen LogP contribution in [-0.2, 0) is 14.6 Å². The smallest absolute Gasteiger partial charge is 0.324 e. The van der Waals surface area contributed by atoms with Crippen molar-refractivity contribution in [1.29, 1.82) is 0 Å². The van der Waals surface area contributed by atoms with Crippen molar-refractivity contribution < 1.29 is 22.8 Å². The van der Waals surface area contributed by atoms with Crippen LogP contribution in [0.15, 0.2) is 59.6 Å². The maximum absolute atomic E-state index is 13.3. The molecule has 0 aliphatic rings. The number of hydrogen-bond donors (Lipinski definition) is 2. The summed E-state index contributed by atoms with van der Waals surface area (Å²) in [5.41, 5.74) is 0.579. The molecule has 0 atom stereocenters. The molecular formula is C17H15Cl2N2O5PS. The van der Waals surface area contributed by atoms with Crippen LogP contribution in [0.2, 0.25) is 10.0 Å². The summed E-state index contributed by atoms with van der Waals surface area (Å²) in [6.45, 7) is -0.452. The van der Waals surface area contributed by atoms with Crippen LogP contribution in [0.3, 0.4) is 0 Å². The van der Waals surface area contributed by atoms with Crippen molar-refractivity contribution in [3.05, 3.63) is 64.8 Å². The molecule has 0 spiro atoms. The molecule has 0 fully saturated rings. The van der Waals surface area contributed by atoms with Gasteiger partial charge in [-0.05, 0) is 30.3 Å². The quantitative estimate of drug-likeness (QED) is 0.539. The summed E-state index contributed by atoms with van der Waals surface area (Å²) in [6.07, 6.45) is 0.847. The average Bonchev–Trinajstić information content (AvgIpc) is 2.60. The number of rotatable bonds is 6. The summed E-state index contributed by atoms with van der Waals surface area (Å²) in [5, 5.41) is 0.926. The standard InChI is InChI=1S/C17H15Cl2N2O5PS/c18-13-9-14(19)11-15(10-13)28(25,26)21(7-8-27(22,23)24)16-5-1-3-12-4-2-6-20-17(12)16/h1-6,9-11H,7-8H2,(H2,22,23,24). The van der Waals surface area contributed by atoms with Crippen molar-refractivity contribution in [2.24, 2.45) is 0 Å². The lowest BCUT2D eigenvalue weighted by Crippen LogP contribution is -2.34. The summed E-state index contributed by atoms with van der Waals surface area (Å²) in [6, 6.07) is 12.2. The third-order valence-electron chi connectivity index (χ3n) is 3.90. The van der Waals surface area contributed by atoms with Crippen molar-refractivity contribution in [1.82, 2.24) is 4.98 Å². The van der Waals surface area contributed by atoms with Crippen LogP contribution < -0.4 is 4.31 Å². The fourth-order valence-electron chi connectivity index (χ4n) is 2.69. The molecule has 0 unspecified atom stereocenters. The number of nitrogens with zero attached hydrogens (tertiary/aromatic N) is 2. The number of anilines is 1. The highest BCUT2D eigenvalue weighted by Crippen LogP contribution is 2.37. The number of aromatic nitrogens is 1. The van der Waals surface area contributed by atoms with Gasteiger partial charge in [0.1, 0.15) is 0 Å². The van der Waals surface area contributed by atoms with Crippen molar-refractivity contribution in [3.8, 4) is 0 Å². The zero-order valence-electron chi connectivity index (χ0n) is 14.2. The summed E-state index contributed by atoms with van der Waals surface area (Å²) in [5.74, 6) is 0. The van der Waals surface area contributed by atoms with Gasteiger partial charge in [-0.2, -0.15) is 0 Å². The molecule has 3 aromatic rings. The molecule has 2 N–H and O–H groups in total. The molecule has 1 aromatic heterocycles. The Kier molecular flexibility index (Phi) is 6.00. The van der Waals surface area contributed by atoms with Gasteiger partial charge in [0, 0.05) is 28.2 Å². The summed E-state index contributed by atoms with van der Waals surface area (Å²) < 4.78 is 39.0. The van der Waals surface area contributed by atoms with Crippen molar-refractivity contribution in [3.63, 3.8) is 0 Å². The van der Waals surface area contributed by atoms with Crippen molar-refractivity contribution >= 4 is 57.4 Å². The number of sulfonamides is 1. The normalized spacial score (nSPS) is 12.3. The van der Waals surface area contributed by atoms with Gasteiger partial charge in [-0.15, -0.1) is 0 Å². The van der Waals surface area contributed by atoms with E-state index in [0.717, 1.165) is 4.31 Å². The van der Waals surface area contributed by atoms with Gasteiger partial charge in [0.05, 0.1) is 22.3 Å². The first kappa shape index (κ1) is 21.0. The first-order chi connectivity index (χ1) is 13.1. The molecule has 3 rings (SSSR count). The Morgan fingerprint density at radius 1 is 1.04 bits per heavy atom. The van der Waals surface area contributed by atoms with E-state index in [1.807, 2.05) is 0 Å². The van der Waals surface area contributed by atoms with Crippen LogP contribution in [0, 0.1) is 0 Å². The van der Waals surface area contributed by atoms with E-state index < -0.39 is 30.3 Å². The fraction of sp³-hybridized carbons (Fsp3) is 0.118. The third kappa shape index (κ3) is 4.66. The second-order valence-corrected chi connectivity index (χ2v) is 10.4. The lowest BCUT2D eigenvalue weighted by molar-refractivity contribution is 0.373. The van der Waals surface area contributed by atoms with Gasteiger partial charge in [0.25, 0.3) is 10.0 Å². The first-order valence-corrected chi connectivity index (χ1v) is 11.9. The first-order valence-electron chi connectivity index (χ1n) is 7.95. The Balaban J connectivity index is 2.20. The minimum absolute atomic E-state index is 0.122. The Bertz CT molecular complexity index is 1160. The van der Waals surface area contributed by atoms with Gasteiger partial charge in [-0.25, -0.2) is 8.42 Å². The molecular weight excluding hydrogens is 446 g/mol. The molecule has 0 aliphatic heterocycles. The van der Waals surface area contributed by atoms with E-state index >= 15 is 0 Å². The average molecular weight is 461 g/mol. The zero-order chi connectivity index (χ0) is 20.5. The van der Waals surface area contributed by atoms with Gasteiger partial charge < -0.3 is 9.79 Å². The van der Waals surface area contributed by atoms with E-state index in [-0.39, 0.29) is 20.6 Å². The highest BCUT2D eigenvalue weighted by Gasteiger charge is 2.29. The van der Waals surface area contributed by atoms with Crippen LogP contribution in [0.4, 0.5) is 5.69 Å². The minimum Gasteiger partial charge on any atom is -0.324 e. The Hall–Kier alpha value is -1.67. The van der Waals surface area contributed by atoms with Crippen LogP contribution >= 0.6 is 30.8 Å². The van der Waals surface area contributed by atoms with E-state index in [4.69, 9.17) is 23.2 Å². The van der Waals surface area contributed by atoms with E-state index in [2.05, 4.69) is 4.98 Å². The number of halogens is 2. The Labute approximate surface area is 171 Å². The molecule has 28 heavy (non-hydrogen) atoms. The molecule has 0 bridgehead atoms. The zero-order valence-corrected chi connectivity index (χ0v) is 17.5. The Morgan fingerprint density at radius 3 is 2.32 bits per heavy atom. The highest BCUT2D eigenvalue weighted by atomic mass is 35.5. The lowest BCUT2D eigenvalue weighted by atomic mass is 10.2. The fourth-order valence-corrected chi connectivity index (χ4v) is 5.48. The highest BCUT2D eigenvalue weighted by molar-refractivity contribution is 7.92. The number of fused-ring (bicyclic) bond motifs is 1.